The zero-order valence-corrected chi connectivity index (χ0v) is 17.3. The smallest absolute Gasteiger partial charge is 0.274 e. The molecule has 3 aromatic rings. The fourth-order valence-corrected chi connectivity index (χ4v) is 3.73. The zero-order chi connectivity index (χ0) is 22.5. The third-order valence-corrected chi connectivity index (χ3v) is 5.42. The Bertz CT molecular complexity index is 1120. The molecule has 0 unspecified atom stereocenters. The normalized spacial score (nSPS) is 14.3. The average molecular weight is 437 g/mol. The van der Waals surface area contributed by atoms with Gasteiger partial charge in [0, 0.05) is 36.0 Å². The van der Waals surface area contributed by atoms with Gasteiger partial charge in [-0.2, -0.15) is 5.10 Å². The average Bonchev–Trinajstić information content (AvgIpc) is 2.81. The first-order valence-corrected chi connectivity index (χ1v) is 10.5. The molecule has 7 heteroatoms. The van der Waals surface area contributed by atoms with E-state index in [2.05, 4.69) is 15.4 Å². The number of hydrogen-bond acceptors (Lipinski definition) is 3. The van der Waals surface area contributed by atoms with Crippen LogP contribution in [0, 0.1) is 17.5 Å². The first-order chi connectivity index (χ1) is 15.5. The number of amides is 1. The Balaban J connectivity index is 1.62. The second-order valence-corrected chi connectivity index (χ2v) is 7.63. The van der Waals surface area contributed by atoms with Gasteiger partial charge in [0.2, 0.25) is 0 Å². The second kappa shape index (κ2) is 9.68. The summed E-state index contributed by atoms with van der Waals surface area (Å²) in [6.07, 6.45) is 3.57. The van der Waals surface area contributed by atoms with Gasteiger partial charge in [-0.1, -0.05) is 12.1 Å². The van der Waals surface area contributed by atoms with Crippen LogP contribution < -0.4 is 10.3 Å². The maximum Gasteiger partial charge on any atom is 0.274 e. The van der Waals surface area contributed by atoms with Crippen molar-refractivity contribution in [2.45, 2.75) is 19.3 Å². The SMILES string of the molecule is O=C(NN=C(c1ccc(F)cc1)c1ccc(N2CCCCC2)cc1)c1ccc(F)cc1F. The molecular formula is C25H22F3N3O. The predicted octanol–water partition coefficient (Wildman–Crippen LogP) is 5.28. The molecule has 0 spiro atoms. The Morgan fingerprint density at radius 2 is 1.38 bits per heavy atom. The van der Waals surface area contributed by atoms with Crippen LogP contribution in [0.1, 0.15) is 40.7 Å². The van der Waals surface area contributed by atoms with Gasteiger partial charge >= 0.3 is 0 Å². The Labute approximate surface area is 184 Å². The van der Waals surface area contributed by atoms with E-state index in [1.54, 1.807) is 12.1 Å². The molecule has 32 heavy (non-hydrogen) atoms. The van der Waals surface area contributed by atoms with Crippen molar-refractivity contribution in [3.05, 3.63) is 101 Å². The van der Waals surface area contributed by atoms with E-state index in [1.165, 1.54) is 18.6 Å². The van der Waals surface area contributed by atoms with Crippen molar-refractivity contribution in [1.29, 1.82) is 0 Å². The molecule has 0 saturated carbocycles. The molecule has 0 radical (unpaired) electrons. The Hall–Kier alpha value is -3.61. The van der Waals surface area contributed by atoms with Gasteiger partial charge in [0.05, 0.1) is 11.3 Å². The van der Waals surface area contributed by atoms with Crippen molar-refractivity contribution in [2.24, 2.45) is 5.10 Å². The molecule has 0 atom stereocenters. The quantitative estimate of drug-likeness (QED) is 0.436. The largest absolute Gasteiger partial charge is 0.372 e. The van der Waals surface area contributed by atoms with Gasteiger partial charge in [0.15, 0.2) is 0 Å². The summed E-state index contributed by atoms with van der Waals surface area (Å²) in [5, 5.41) is 4.20. The first-order valence-electron chi connectivity index (χ1n) is 10.5. The van der Waals surface area contributed by atoms with E-state index in [0.717, 1.165) is 43.8 Å². The van der Waals surface area contributed by atoms with Crippen LogP contribution >= 0.6 is 0 Å². The van der Waals surface area contributed by atoms with Crippen LogP contribution in [0.2, 0.25) is 0 Å². The summed E-state index contributed by atoms with van der Waals surface area (Å²) in [5.74, 6) is -2.96. The van der Waals surface area contributed by atoms with E-state index >= 15 is 0 Å². The van der Waals surface area contributed by atoms with Crippen LogP contribution in [0.4, 0.5) is 18.9 Å². The van der Waals surface area contributed by atoms with Gasteiger partial charge in [-0.15, -0.1) is 0 Å². The lowest BCUT2D eigenvalue weighted by atomic mass is 10.0. The van der Waals surface area contributed by atoms with Crippen LogP contribution in [0.15, 0.2) is 71.8 Å². The number of piperidine rings is 1. The lowest BCUT2D eigenvalue weighted by Gasteiger charge is -2.28. The minimum Gasteiger partial charge on any atom is -0.372 e. The van der Waals surface area contributed by atoms with Gasteiger partial charge in [-0.3, -0.25) is 4.79 Å². The van der Waals surface area contributed by atoms with Gasteiger partial charge in [-0.25, -0.2) is 18.6 Å². The van der Waals surface area contributed by atoms with Crippen molar-refractivity contribution in [3.63, 3.8) is 0 Å². The monoisotopic (exact) mass is 437 g/mol. The first kappa shape index (κ1) is 21.6. The number of anilines is 1. The van der Waals surface area contributed by atoms with E-state index in [1.807, 2.05) is 24.3 Å². The molecule has 1 aliphatic heterocycles. The molecule has 164 valence electrons. The molecule has 1 N–H and O–H groups in total. The molecular weight excluding hydrogens is 415 g/mol. The molecule has 1 amide bonds. The second-order valence-electron chi connectivity index (χ2n) is 7.63. The van der Waals surface area contributed by atoms with Crippen molar-refractivity contribution in [1.82, 2.24) is 5.43 Å². The summed E-state index contributed by atoms with van der Waals surface area (Å²) in [6.45, 7) is 2.02. The Morgan fingerprint density at radius 3 is 2.00 bits per heavy atom. The van der Waals surface area contributed by atoms with Crippen LogP contribution in [-0.4, -0.2) is 24.7 Å². The maximum atomic E-state index is 13.9. The highest BCUT2D eigenvalue weighted by Crippen LogP contribution is 2.22. The van der Waals surface area contributed by atoms with Crippen molar-refractivity contribution >= 4 is 17.3 Å². The summed E-state index contributed by atoms with van der Waals surface area (Å²) in [7, 11) is 0. The lowest BCUT2D eigenvalue weighted by Crippen LogP contribution is -2.29. The van der Waals surface area contributed by atoms with Crippen molar-refractivity contribution in [2.75, 3.05) is 18.0 Å². The fourth-order valence-electron chi connectivity index (χ4n) is 3.73. The van der Waals surface area contributed by atoms with E-state index in [4.69, 9.17) is 0 Å². The van der Waals surface area contributed by atoms with Crippen molar-refractivity contribution < 1.29 is 18.0 Å². The highest BCUT2D eigenvalue weighted by Gasteiger charge is 2.15. The number of halogens is 3. The minimum atomic E-state index is -0.980. The van der Waals surface area contributed by atoms with E-state index < -0.39 is 23.4 Å². The Kier molecular flexibility index (Phi) is 6.54. The molecule has 0 bridgehead atoms. The topological polar surface area (TPSA) is 44.7 Å². The number of hydrogen-bond donors (Lipinski definition) is 1. The lowest BCUT2D eigenvalue weighted by molar-refractivity contribution is 0.0951. The van der Waals surface area contributed by atoms with Gasteiger partial charge < -0.3 is 4.90 Å². The van der Waals surface area contributed by atoms with Gasteiger partial charge in [-0.05, 0) is 67.8 Å². The molecule has 4 nitrogen and oxygen atoms in total. The van der Waals surface area contributed by atoms with Crippen LogP contribution in [-0.2, 0) is 0 Å². The van der Waals surface area contributed by atoms with Gasteiger partial charge in [0.25, 0.3) is 5.91 Å². The summed E-state index contributed by atoms with van der Waals surface area (Å²) < 4.78 is 40.5. The molecule has 1 heterocycles. The summed E-state index contributed by atoms with van der Waals surface area (Å²) >= 11 is 0. The third-order valence-electron chi connectivity index (χ3n) is 5.42. The minimum absolute atomic E-state index is 0.325. The number of carbonyl (C=O) groups excluding carboxylic acids is 1. The Morgan fingerprint density at radius 1 is 0.781 bits per heavy atom. The van der Waals surface area contributed by atoms with Gasteiger partial charge in [0.1, 0.15) is 17.5 Å². The molecule has 0 aromatic heterocycles. The zero-order valence-electron chi connectivity index (χ0n) is 17.3. The number of rotatable bonds is 5. The third kappa shape index (κ3) is 4.99. The summed E-state index contributed by atoms with van der Waals surface area (Å²) in [5.41, 5.74) is 4.79. The molecule has 1 saturated heterocycles. The molecule has 0 aliphatic carbocycles. The number of nitrogens with zero attached hydrogens (tertiary/aromatic N) is 2. The van der Waals surface area contributed by atoms with Crippen molar-refractivity contribution in [3.8, 4) is 0 Å². The molecule has 1 fully saturated rings. The van der Waals surface area contributed by atoms with Crippen LogP contribution in [0.25, 0.3) is 0 Å². The summed E-state index contributed by atoms with van der Waals surface area (Å²) in [6, 6.07) is 16.1. The van der Waals surface area contributed by atoms with E-state index in [9.17, 15) is 18.0 Å². The number of nitrogens with one attached hydrogen (secondary N) is 1. The number of hydrazone groups is 1. The highest BCUT2D eigenvalue weighted by atomic mass is 19.1. The maximum absolute atomic E-state index is 13.9. The predicted molar refractivity (Wildman–Crippen MR) is 118 cm³/mol. The molecule has 4 rings (SSSR count). The molecule has 3 aromatic carbocycles. The van der Waals surface area contributed by atoms with Crippen LogP contribution in [0.3, 0.4) is 0 Å². The fraction of sp³-hybridized carbons (Fsp3) is 0.200. The van der Waals surface area contributed by atoms with E-state index in [0.29, 0.717) is 22.9 Å². The van der Waals surface area contributed by atoms with E-state index in [-0.39, 0.29) is 5.56 Å². The highest BCUT2D eigenvalue weighted by molar-refractivity contribution is 6.13. The standard InChI is InChI=1S/C25H22F3N3O/c26-19-8-4-17(5-9-19)24(29-30-25(32)22-13-10-20(27)16-23(22)28)18-6-11-21(12-7-18)31-14-2-1-3-15-31/h4-13,16H,1-3,14-15H2,(H,30,32). The number of carbonyl (C=O) groups is 1. The molecule has 1 aliphatic rings. The number of benzene rings is 3. The summed E-state index contributed by atoms with van der Waals surface area (Å²) in [4.78, 5) is 14.7. The van der Waals surface area contributed by atoms with Crippen LogP contribution in [0.5, 0.6) is 0 Å².